The maximum Gasteiger partial charge on any atom is 0.310 e. The van der Waals surface area contributed by atoms with Gasteiger partial charge in [0.15, 0.2) is 5.75 Å². The second kappa shape index (κ2) is 5.38. The zero-order valence-electron chi connectivity index (χ0n) is 8.66. The molecule has 4 nitrogen and oxygen atoms in total. The quantitative estimate of drug-likeness (QED) is 0.820. The number of nitrogens with zero attached hydrogens (tertiary/aromatic N) is 1. The second-order valence-electron chi connectivity index (χ2n) is 3.02. The highest BCUT2D eigenvalue weighted by molar-refractivity contribution is 6.32. The third-order valence-corrected chi connectivity index (χ3v) is 2.27. The smallest absolute Gasteiger partial charge is 0.310 e. The number of nitriles is 1. The molecule has 0 aliphatic carbocycles. The SMILES string of the molecule is CCOC(=O)Cc1ccc(Cl)c(O)c1C#N. The Balaban J connectivity index is 3.02. The highest BCUT2D eigenvalue weighted by Crippen LogP contribution is 2.29. The Bertz CT molecular complexity index is 451. The van der Waals surface area contributed by atoms with Crippen LogP contribution >= 0.6 is 11.6 Å². The molecule has 0 fully saturated rings. The molecular weight excluding hydrogens is 230 g/mol. The molecule has 0 spiro atoms. The third kappa shape index (κ3) is 2.65. The van der Waals surface area contributed by atoms with E-state index in [4.69, 9.17) is 21.6 Å². The maximum absolute atomic E-state index is 11.2. The number of carbonyl (C=O) groups is 1. The molecule has 0 aliphatic rings. The van der Waals surface area contributed by atoms with Crippen LogP contribution in [0, 0.1) is 11.3 Å². The number of phenols is 1. The number of hydrogen-bond acceptors (Lipinski definition) is 4. The van der Waals surface area contributed by atoms with Crippen LogP contribution < -0.4 is 0 Å². The lowest BCUT2D eigenvalue weighted by atomic mass is 10.0. The fourth-order valence-electron chi connectivity index (χ4n) is 1.25. The molecule has 0 radical (unpaired) electrons. The summed E-state index contributed by atoms with van der Waals surface area (Å²) < 4.78 is 4.75. The Kier molecular flexibility index (Phi) is 4.15. The first-order valence-electron chi connectivity index (χ1n) is 4.66. The molecule has 84 valence electrons. The molecule has 0 aromatic heterocycles. The number of carbonyl (C=O) groups excluding carboxylic acids is 1. The van der Waals surface area contributed by atoms with Crippen molar-refractivity contribution in [2.45, 2.75) is 13.3 Å². The highest BCUT2D eigenvalue weighted by atomic mass is 35.5. The van der Waals surface area contributed by atoms with Gasteiger partial charge in [-0.15, -0.1) is 0 Å². The number of rotatable bonds is 3. The zero-order valence-corrected chi connectivity index (χ0v) is 9.41. The monoisotopic (exact) mass is 239 g/mol. The number of esters is 1. The average Bonchev–Trinajstić information content (AvgIpc) is 2.24. The number of ether oxygens (including phenoxy) is 1. The Morgan fingerprint density at radius 3 is 2.88 bits per heavy atom. The summed E-state index contributed by atoms with van der Waals surface area (Å²) in [5, 5.41) is 18.4. The van der Waals surface area contributed by atoms with Crippen LogP contribution in [0.4, 0.5) is 0 Å². The van der Waals surface area contributed by atoms with Crippen LogP contribution in [-0.2, 0) is 16.0 Å². The van der Waals surface area contributed by atoms with Crippen molar-refractivity contribution in [3.8, 4) is 11.8 Å². The van der Waals surface area contributed by atoms with Crippen molar-refractivity contribution >= 4 is 17.6 Å². The van der Waals surface area contributed by atoms with Crippen molar-refractivity contribution in [1.82, 2.24) is 0 Å². The van der Waals surface area contributed by atoms with Gasteiger partial charge < -0.3 is 9.84 Å². The van der Waals surface area contributed by atoms with E-state index in [0.717, 1.165) is 0 Å². The van der Waals surface area contributed by atoms with Crippen LogP contribution in [-0.4, -0.2) is 17.7 Å². The first-order valence-corrected chi connectivity index (χ1v) is 5.04. The van der Waals surface area contributed by atoms with Crippen LogP contribution in [0.3, 0.4) is 0 Å². The van der Waals surface area contributed by atoms with Gasteiger partial charge in [0.05, 0.1) is 23.6 Å². The molecule has 1 N–H and O–H groups in total. The lowest BCUT2D eigenvalue weighted by Crippen LogP contribution is -2.08. The molecule has 1 aromatic carbocycles. The predicted octanol–water partition coefficient (Wildman–Crippen LogP) is 2.02. The van der Waals surface area contributed by atoms with Crippen LogP contribution in [0.15, 0.2) is 12.1 Å². The van der Waals surface area contributed by atoms with E-state index in [2.05, 4.69) is 0 Å². The van der Waals surface area contributed by atoms with E-state index in [-0.39, 0.29) is 29.4 Å². The molecule has 0 heterocycles. The van der Waals surface area contributed by atoms with Crippen molar-refractivity contribution in [2.24, 2.45) is 0 Å². The van der Waals surface area contributed by atoms with Crippen LogP contribution in [0.5, 0.6) is 5.75 Å². The first kappa shape index (κ1) is 12.3. The van der Waals surface area contributed by atoms with Gasteiger partial charge in [-0.25, -0.2) is 0 Å². The first-order chi connectivity index (χ1) is 7.60. The maximum atomic E-state index is 11.2. The lowest BCUT2D eigenvalue weighted by molar-refractivity contribution is -0.142. The van der Waals surface area contributed by atoms with Crippen molar-refractivity contribution in [3.05, 3.63) is 28.3 Å². The van der Waals surface area contributed by atoms with E-state index < -0.39 is 5.97 Å². The van der Waals surface area contributed by atoms with Gasteiger partial charge >= 0.3 is 5.97 Å². The Morgan fingerprint density at radius 1 is 1.62 bits per heavy atom. The largest absolute Gasteiger partial charge is 0.505 e. The van der Waals surface area contributed by atoms with Crippen LogP contribution in [0.25, 0.3) is 0 Å². The molecule has 0 atom stereocenters. The van der Waals surface area contributed by atoms with E-state index in [1.807, 2.05) is 6.07 Å². The molecule has 0 aliphatic heterocycles. The van der Waals surface area contributed by atoms with Gasteiger partial charge in [0.1, 0.15) is 6.07 Å². The predicted molar refractivity (Wildman–Crippen MR) is 58.2 cm³/mol. The summed E-state index contributed by atoms with van der Waals surface area (Å²) >= 11 is 5.64. The van der Waals surface area contributed by atoms with Crippen molar-refractivity contribution in [3.63, 3.8) is 0 Å². The van der Waals surface area contributed by atoms with Gasteiger partial charge in [0.2, 0.25) is 0 Å². The minimum absolute atomic E-state index is 0.0144. The van der Waals surface area contributed by atoms with Crippen molar-refractivity contribution < 1.29 is 14.6 Å². The molecule has 0 saturated heterocycles. The van der Waals surface area contributed by atoms with Gasteiger partial charge in [0.25, 0.3) is 0 Å². The number of hydrogen-bond donors (Lipinski definition) is 1. The van der Waals surface area contributed by atoms with Gasteiger partial charge in [-0.05, 0) is 18.6 Å². The minimum Gasteiger partial charge on any atom is -0.505 e. The van der Waals surface area contributed by atoms with Crippen LogP contribution in [0.2, 0.25) is 5.02 Å². The van der Waals surface area contributed by atoms with E-state index in [1.165, 1.54) is 12.1 Å². The zero-order chi connectivity index (χ0) is 12.1. The molecule has 0 saturated carbocycles. The number of halogens is 1. The summed E-state index contributed by atoms with van der Waals surface area (Å²) in [5.74, 6) is -0.744. The third-order valence-electron chi connectivity index (χ3n) is 1.97. The fourth-order valence-corrected chi connectivity index (χ4v) is 1.40. The number of aromatic hydroxyl groups is 1. The summed E-state index contributed by atoms with van der Waals surface area (Å²) in [6, 6.07) is 4.77. The summed E-state index contributed by atoms with van der Waals surface area (Å²) in [5.41, 5.74) is 0.420. The molecular formula is C11H10ClNO3. The molecule has 1 rings (SSSR count). The molecule has 16 heavy (non-hydrogen) atoms. The summed E-state index contributed by atoms with van der Waals surface area (Å²) in [4.78, 5) is 11.2. The topological polar surface area (TPSA) is 70.3 Å². The summed E-state index contributed by atoms with van der Waals surface area (Å²) in [6.45, 7) is 1.97. The van der Waals surface area contributed by atoms with E-state index in [0.29, 0.717) is 5.56 Å². The van der Waals surface area contributed by atoms with E-state index in [9.17, 15) is 9.90 Å². The standard InChI is InChI=1S/C11H10ClNO3/c1-2-16-10(14)5-7-3-4-9(12)11(15)8(7)6-13/h3-4,15H,2,5H2,1H3. The van der Waals surface area contributed by atoms with Crippen molar-refractivity contribution in [1.29, 1.82) is 5.26 Å². The number of phenolic OH excluding ortho intramolecular Hbond substituents is 1. The summed E-state index contributed by atoms with van der Waals surface area (Å²) in [6.07, 6.45) is -0.0541. The van der Waals surface area contributed by atoms with Gasteiger partial charge in [-0.1, -0.05) is 17.7 Å². The molecule has 5 heteroatoms. The molecule has 0 bridgehead atoms. The Morgan fingerprint density at radius 2 is 2.31 bits per heavy atom. The molecule has 1 aromatic rings. The molecule has 0 amide bonds. The fraction of sp³-hybridized carbons (Fsp3) is 0.273. The Hall–Kier alpha value is -1.73. The Labute approximate surface area is 98.0 Å². The lowest BCUT2D eigenvalue weighted by Gasteiger charge is -2.06. The van der Waals surface area contributed by atoms with Gasteiger partial charge in [-0.3, -0.25) is 4.79 Å². The highest BCUT2D eigenvalue weighted by Gasteiger charge is 2.14. The minimum atomic E-state index is -0.444. The second-order valence-corrected chi connectivity index (χ2v) is 3.43. The van der Waals surface area contributed by atoms with Crippen molar-refractivity contribution in [2.75, 3.05) is 6.61 Å². The van der Waals surface area contributed by atoms with Gasteiger partial charge in [-0.2, -0.15) is 5.26 Å². The van der Waals surface area contributed by atoms with E-state index in [1.54, 1.807) is 6.92 Å². The average molecular weight is 240 g/mol. The number of benzene rings is 1. The summed E-state index contributed by atoms with van der Waals surface area (Å²) in [7, 11) is 0. The van der Waals surface area contributed by atoms with E-state index >= 15 is 0 Å². The normalized spacial score (nSPS) is 9.56. The molecule has 0 unspecified atom stereocenters. The van der Waals surface area contributed by atoms with Crippen LogP contribution in [0.1, 0.15) is 18.1 Å². The van der Waals surface area contributed by atoms with Gasteiger partial charge in [0, 0.05) is 0 Å².